The normalized spacial score (nSPS) is 13.9. The van der Waals surface area contributed by atoms with Gasteiger partial charge in [-0.25, -0.2) is 13.4 Å². The van der Waals surface area contributed by atoms with Gasteiger partial charge in [-0.05, 0) is 74.0 Å². The van der Waals surface area contributed by atoms with Crippen LogP contribution in [-0.2, 0) is 23.6 Å². The van der Waals surface area contributed by atoms with Gasteiger partial charge in [0.05, 0.1) is 32.3 Å². The number of aryl methyl sites for hydroxylation is 1. The first-order valence-electron chi connectivity index (χ1n) is 16.6. The molecule has 0 bridgehead atoms. The fourth-order valence-corrected chi connectivity index (χ4v) is 8.15. The summed E-state index contributed by atoms with van der Waals surface area (Å²) in [5.41, 5.74) is 2.58. The van der Waals surface area contributed by atoms with Crippen molar-refractivity contribution >= 4 is 68.1 Å². The summed E-state index contributed by atoms with van der Waals surface area (Å²) in [4.78, 5) is 22.0. The molecule has 0 unspecified atom stereocenters. The van der Waals surface area contributed by atoms with Gasteiger partial charge in [0.15, 0.2) is 6.61 Å². The van der Waals surface area contributed by atoms with Crippen LogP contribution in [0.4, 0.5) is 18.9 Å². The summed E-state index contributed by atoms with van der Waals surface area (Å²) in [6.45, 7) is 5.09. The van der Waals surface area contributed by atoms with Gasteiger partial charge in [-0.15, -0.1) is 12.4 Å². The van der Waals surface area contributed by atoms with Crippen LogP contribution in [0.5, 0.6) is 17.4 Å². The molecular formula is C37H37Cl3F3N5O5S. The third kappa shape index (κ3) is 9.35. The molecule has 0 N–H and O–H groups in total. The Kier molecular flexibility index (Phi) is 12.6. The monoisotopic (exact) mass is 825 g/mol. The molecule has 0 radical (unpaired) electrons. The van der Waals surface area contributed by atoms with E-state index in [0.29, 0.717) is 49.9 Å². The number of hydrogen-bond acceptors (Lipinski definition) is 7. The molecular weight excluding hydrogens is 790 g/mol. The number of benzene rings is 3. The van der Waals surface area contributed by atoms with E-state index in [0.717, 1.165) is 16.5 Å². The van der Waals surface area contributed by atoms with Gasteiger partial charge in [0, 0.05) is 63.3 Å². The van der Waals surface area contributed by atoms with Gasteiger partial charge in [-0.1, -0.05) is 35.3 Å². The van der Waals surface area contributed by atoms with Gasteiger partial charge in [-0.3, -0.25) is 14.0 Å². The van der Waals surface area contributed by atoms with Crippen LogP contribution >= 0.6 is 35.6 Å². The molecule has 288 valence electrons. The molecule has 6 rings (SSSR count). The SMILES string of the molecule is CC(C)N(c1ccc(Oc2ccc3cc(C(=O)N4CCN(Cc5ccc(OCC(F)(F)F)cc5)CC4)n(C)c3c2)nc1)S(=O)(=O)c1ccc(Cl)c(Cl)c1.Cl. The van der Waals surface area contributed by atoms with Crippen molar-refractivity contribution < 1.29 is 35.9 Å². The highest BCUT2D eigenvalue weighted by molar-refractivity contribution is 7.92. The zero-order chi connectivity index (χ0) is 38.1. The second-order valence-electron chi connectivity index (χ2n) is 12.9. The fraction of sp³-hybridized carbons (Fsp3) is 0.297. The number of anilines is 1. The summed E-state index contributed by atoms with van der Waals surface area (Å²) < 4.78 is 78.3. The van der Waals surface area contributed by atoms with Crippen LogP contribution in [0, 0.1) is 0 Å². The summed E-state index contributed by atoms with van der Waals surface area (Å²) in [6.07, 6.45) is -2.97. The van der Waals surface area contributed by atoms with Gasteiger partial charge in [-0.2, -0.15) is 13.2 Å². The summed E-state index contributed by atoms with van der Waals surface area (Å²) in [5.74, 6) is 0.792. The maximum Gasteiger partial charge on any atom is 0.422 e. The minimum Gasteiger partial charge on any atom is -0.484 e. The van der Waals surface area contributed by atoms with Crippen LogP contribution in [0.3, 0.4) is 0 Å². The van der Waals surface area contributed by atoms with Crippen molar-refractivity contribution in [3.63, 3.8) is 0 Å². The second kappa shape index (κ2) is 16.7. The van der Waals surface area contributed by atoms with Gasteiger partial charge < -0.3 is 18.9 Å². The molecule has 10 nitrogen and oxygen atoms in total. The topological polar surface area (TPSA) is 97.2 Å². The van der Waals surface area contributed by atoms with E-state index in [2.05, 4.69) is 9.88 Å². The largest absolute Gasteiger partial charge is 0.484 e. The molecule has 17 heteroatoms. The Morgan fingerprint density at radius 3 is 2.20 bits per heavy atom. The number of hydrogen-bond donors (Lipinski definition) is 0. The summed E-state index contributed by atoms with van der Waals surface area (Å²) >= 11 is 12.1. The number of amides is 1. The van der Waals surface area contributed by atoms with Crippen LogP contribution in [0.15, 0.2) is 90.0 Å². The van der Waals surface area contributed by atoms with Gasteiger partial charge in [0.25, 0.3) is 15.9 Å². The number of alkyl halides is 3. The standard InChI is InChI=1S/C37H36Cl2F3N5O5S.ClH/c1-24(2)47(53(49,50)30-11-12-31(38)32(39)20-30)27-7-13-35(43-21-27)52-29-10-6-26-18-34(44(3)33(26)19-29)36(48)46-16-14-45(15-17-46)22-25-4-8-28(9-5-25)51-23-37(40,41)42;/h4-13,18-21,24H,14-17,22-23H2,1-3H3;1H. The first-order chi connectivity index (χ1) is 25.1. The molecule has 3 aromatic carbocycles. The van der Waals surface area contributed by atoms with Crippen LogP contribution in [-0.4, -0.2) is 78.7 Å². The number of fused-ring (bicyclic) bond motifs is 1. The number of halogens is 6. The van der Waals surface area contributed by atoms with Crippen LogP contribution < -0.4 is 13.8 Å². The number of ether oxygens (including phenoxy) is 2. The van der Waals surface area contributed by atoms with E-state index in [1.807, 2.05) is 34.7 Å². The fourth-order valence-electron chi connectivity index (χ4n) is 6.11. The molecule has 3 heterocycles. The van der Waals surface area contributed by atoms with E-state index in [1.165, 1.54) is 40.8 Å². The van der Waals surface area contributed by atoms with Gasteiger partial charge in [0.2, 0.25) is 5.88 Å². The molecule has 1 saturated heterocycles. The third-order valence-corrected chi connectivity index (χ3v) is 11.5. The van der Waals surface area contributed by atoms with Crippen molar-refractivity contribution in [2.75, 3.05) is 37.1 Å². The number of carbonyl (C=O) groups is 1. The zero-order valence-corrected chi connectivity index (χ0v) is 32.5. The Morgan fingerprint density at radius 2 is 1.59 bits per heavy atom. The number of piperazine rings is 1. The Bertz CT molecular complexity index is 2210. The lowest BCUT2D eigenvalue weighted by Gasteiger charge is -2.34. The molecule has 1 aliphatic heterocycles. The first-order valence-corrected chi connectivity index (χ1v) is 18.8. The number of carbonyl (C=O) groups excluding carboxylic acids is 1. The van der Waals surface area contributed by atoms with Crippen molar-refractivity contribution in [3.05, 3.63) is 106 Å². The van der Waals surface area contributed by atoms with E-state index in [-0.39, 0.29) is 44.9 Å². The maximum absolute atomic E-state index is 13.6. The number of nitrogens with zero attached hydrogens (tertiary/aromatic N) is 5. The van der Waals surface area contributed by atoms with Gasteiger partial charge in [0.1, 0.15) is 17.2 Å². The zero-order valence-electron chi connectivity index (χ0n) is 29.4. The van der Waals surface area contributed by atoms with E-state index in [9.17, 15) is 26.4 Å². The average molecular weight is 827 g/mol. The molecule has 0 spiro atoms. The van der Waals surface area contributed by atoms with Crippen LogP contribution in [0.1, 0.15) is 29.9 Å². The van der Waals surface area contributed by atoms with Crippen LogP contribution in [0.2, 0.25) is 10.0 Å². The molecule has 2 aromatic heterocycles. The molecule has 0 atom stereocenters. The van der Waals surface area contributed by atoms with Gasteiger partial charge >= 0.3 is 6.18 Å². The van der Waals surface area contributed by atoms with Crippen molar-refractivity contribution in [3.8, 4) is 17.4 Å². The van der Waals surface area contributed by atoms with E-state index in [4.69, 9.17) is 32.7 Å². The quantitative estimate of drug-likeness (QED) is 0.132. The second-order valence-corrected chi connectivity index (χ2v) is 15.5. The molecule has 0 saturated carbocycles. The lowest BCUT2D eigenvalue weighted by atomic mass is 10.2. The van der Waals surface area contributed by atoms with E-state index >= 15 is 0 Å². The highest BCUT2D eigenvalue weighted by Crippen LogP contribution is 2.32. The minimum absolute atomic E-state index is 0. The van der Waals surface area contributed by atoms with Crippen molar-refractivity contribution in [1.29, 1.82) is 0 Å². The smallest absolute Gasteiger partial charge is 0.422 e. The molecule has 5 aromatic rings. The Morgan fingerprint density at radius 1 is 0.907 bits per heavy atom. The van der Waals surface area contributed by atoms with E-state index in [1.54, 1.807) is 44.2 Å². The van der Waals surface area contributed by atoms with E-state index < -0.39 is 28.8 Å². The molecule has 1 amide bonds. The predicted octanol–water partition coefficient (Wildman–Crippen LogP) is 8.60. The minimum atomic E-state index is -4.39. The molecule has 0 aliphatic carbocycles. The maximum atomic E-state index is 13.6. The molecule has 1 aliphatic rings. The van der Waals surface area contributed by atoms with Crippen molar-refractivity contribution in [1.82, 2.24) is 19.4 Å². The Balaban J connectivity index is 0.00000561. The average Bonchev–Trinajstić information content (AvgIpc) is 3.44. The molecule has 54 heavy (non-hydrogen) atoms. The number of rotatable bonds is 11. The predicted molar refractivity (Wildman–Crippen MR) is 205 cm³/mol. The number of sulfonamides is 1. The highest BCUT2D eigenvalue weighted by atomic mass is 35.5. The van der Waals surface area contributed by atoms with Crippen LogP contribution in [0.25, 0.3) is 10.9 Å². The third-order valence-electron chi connectivity index (χ3n) is 8.74. The summed E-state index contributed by atoms with van der Waals surface area (Å²) in [6, 6.07) is 20.8. The number of pyridine rings is 1. The lowest BCUT2D eigenvalue weighted by molar-refractivity contribution is -0.153. The Hall–Kier alpha value is -4.21. The summed E-state index contributed by atoms with van der Waals surface area (Å²) in [7, 11) is -2.17. The number of aromatic nitrogens is 2. The first kappa shape index (κ1) is 41.0. The Labute approximate surface area is 327 Å². The van der Waals surface area contributed by atoms with Crippen molar-refractivity contribution in [2.45, 2.75) is 37.5 Å². The lowest BCUT2D eigenvalue weighted by Crippen LogP contribution is -2.48. The summed E-state index contributed by atoms with van der Waals surface area (Å²) in [5, 5.41) is 1.24. The molecule has 1 fully saturated rings. The van der Waals surface area contributed by atoms with Crippen molar-refractivity contribution in [2.24, 2.45) is 7.05 Å². The highest BCUT2D eigenvalue weighted by Gasteiger charge is 2.30.